The van der Waals surface area contributed by atoms with Crippen LogP contribution in [0.4, 0.5) is 11.4 Å². The van der Waals surface area contributed by atoms with E-state index in [1.165, 1.54) is 6.92 Å². The molecule has 1 atom stereocenters. The summed E-state index contributed by atoms with van der Waals surface area (Å²) in [6.45, 7) is 5.12. The van der Waals surface area contributed by atoms with Gasteiger partial charge in [0.15, 0.2) is 0 Å². The number of hydrogen-bond donors (Lipinski definition) is 3. The largest absolute Gasteiger partial charge is 0.326 e. The monoisotopic (exact) mass is 275 g/mol. The van der Waals surface area contributed by atoms with Gasteiger partial charge in [-0.1, -0.05) is 6.07 Å². The van der Waals surface area contributed by atoms with Gasteiger partial charge in [-0.25, -0.2) is 0 Å². The van der Waals surface area contributed by atoms with Gasteiger partial charge >= 0.3 is 0 Å². The summed E-state index contributed by atoms with van der Waals surface area (Å²) in [4.78, 5) is 23.3. The lowest BCUT2D eigenvalue weighted by molar-refractivity contribution is -0.121. The summed E-state index contributed by atoms with van der Waals surface area (Å²) in [7, 11) is 0. The van der Waals surface area contributed by atoms with E-state index in [1.54, 1.807) is 19.1 Å². The first-order valence-corrected chi connectivity index (χ1v) is 6.79. The lowest BCUT2D eigenvalue weighted by Gasteiger charge is -2.24. The van der Waals surface area contributed by atoms with Gasteiger partial charge in [-0.3, -0.25) is 9.59 Å². The molecule has 0 saturated heterocycles. The van der Waals surface area contributed by atoms with Crippen molar-refractivity contribution in [3.63, 3.8) is 0 Å². The van der Waals surface area contributed by atoms with Crippen molar-refractivity contribution in [3.8, 4) is 0 Å². The van der Waals surface area contributed by atoms with Gasteiger partial charge in [-0.15, -0.1) is 0 Å². The summed E-state index contributed by atoms with van der Waals surface area (Å²) in [5.41, 5.74) is 7.53. The molecular formula is C15H21N3O2. The molecule has 1 aliphatic carbocycles. The predicted molar refractivity (Wildman–Crippen MR) is 79.4 cm³/mol. The number of rotatable bonds is 4. The number of amides is 2. The van der Waals surface area contributed by atoms with Crippen molar-refractivity contribution in [1.82, 2.24) is 0 Å². The van der Waals surface area contributed by atoms with Crippen molar-refractivity contribution in [3.05, 3.63) is 23.8 Å². The summed E-state index contributed by atoms with van der Waals surface area (Å²) in [6, 6.07) is 5.40. The lowest BCUT2D eigenvalue weighted by Crippen LogP contribution is -2.50. The van der Waals surface area contributed by atoms with E-state index in [4.69, 9.17) is 5.73 Å². The molecule has 1 aromatic rings. The highest BCUT2D eigenvalue weighted by Gasteiger charge is 2.44. The van der Waals surface area contributed by atoms with Crippen LogP contribution >= 0.6 is 0 Å². The Morgan fingerprint density at radius 3 is 2.50 bits per heavy atom. The van der Waals surface area contributed by atoms with Gasteiger partial charge in [-0.05, 0) is 50.3 Å². The Labute approximate surface area is 118 Å². The first-order chi connectivity index (χ1) is 9.30. The molecule has 0 aromatic heterocycles. The fourth-order valence-electron chi connectivity index (χ4n) is 2.16. The number of carbonyl (C=O) groups excluding carboxylic acids is 2. The van der Waals surface area contributed by atoms with Gasteiger partial charge < -0.3 is 16.4 Å². The molecule has 20 heavy (non-hydrogen) atoms. The lowest BCUT2D eigenvalue weighted by atomic mass is 9.96. The Morgan fingerprint density at radius 2 is 1.95 bits per heavy atom. The average molecular weight is 275 g/mol. The molecule has 0 heterocycles. The Bertz CT molecular complexity index is 548. The van der Waals surface area contributed by atoms with Crippen molar-refractivity contribution in [2.75, 3.05) is 10.6 Å². The van der Waals surface area contributed by atoms with Crippen LogP contribution in [0.5, 0.6) is 0 Å². The normalized spacial score (nSPS) is 17.2. The van der Waals surface area contributed by atoms with Crippen LogP contribution in [0, 0.1) is 12.8 Å². The van der Waals surface area contributed by atoms with Crippen molar-refractivity contribution in [1.29, 1.82) is 0 Å². The number of carbonyl (C=O) groups is 2. The molecule has 1 fully saturated rings. The van der Waals surface area contributed by atoms with E-state index in [1.807, 2.05) is 13.0 Å². The van der Waals surface area contributed by atoms with Crippen LogP contribution in [-0.2, 0) is 9.59 Å². The SMILES string of the molecule is CC(=O)Nc1ccc(C)c(NC(=O)C(C)(N)C2CC2)c1. The highest BCUT2D eigenvalue weighted by atomic mass is 16.2. The topological polar surface area (TPSA) is 84.2 Å². The van der Waals surface area contributed by atoms with Crippen LogP contribution < -0.4 is 16.4 Å². The molecule has 0 radical (unpaired) electrons. The summed E-state index contributed by atoms with van der Waals surface area (Å²) in [6.07, 6.45) is 2.01. The van der Waals surface area contributed by atoms with Gasteiger partial charge in [0.2, 0.25) is 11.8 Å². The minimum atomic E-state index is -0.837. The Balaban J connectivity index is 2.15. The van der Waals surface area contributed by atoms with E-state index >= 15 is 0 Å². The van der Waals surface area contributed by atoms with Gasteiger partial charge in [0.05, 0.1) is 5.54 Å². The molecule has 5 nitrogen and oxygen atoms in total. The standard InChI is InChI=1S/C15H21N3O2/c1-9-4-7-12(17-10(2)19)8-13(9)18-14(20)15(3,16)11-5-6-11/h4,7-8,11H,5-6,16H2,1-3H3,(H,17,19)(H,18,20). The van der Waals surface area contributed by atoms with E-state index in [-0.39, 0.29) is 17.7 Å². The zero-order chi connectivity index (χ0) is 14.9. The Morgan fingerprint density at radius 1 is 1.30 bits per heavy atom. The Kier molecular flexibility index (Phi) is 3.81. The number of anilines is 2. The summed E-state index contributed by atoms with van der Waals surface area (Å²) < 4.78 is 0. The maximum absolute atomic E-state index is 12.3. The number of aryl methyl sites for hydroxylation is 1. The number of nitrogens with two attached hydrogens (primary N) is 1. The van der Waals surface area contributed by atoms with E-state index in [0.29, 0.717) is 11.4 Å². The van der Waals surface area contributed by atoms with E-state index in [0.717, 1.165) is 18.4 Å². The molecule has 4 N–H and O–H groups in total. The average Bonchev–Trinajstić information content (AvgIpc) is 3.16. The third-order valence-electron chi connectivity index (χ3n) is 3.72. The smallest absolute Gasteiger partial charge is 0.244 e. The maximum atomic E-state index is 12.3. The summed E-state index contributed by atoms with van der Waals surface area (Å²) >= 11 is 0. The first-order valence-electron chi connectivity index (χ1n) is 6.79. The summed E-state index contributed by atoms with van der Waals surface area (Å²) in [5, 5.41) is 5.57. The number of hydrogen-bond acceptors (Lipinski definition) is 3. The predicted octanol–water partition coefficient (Wildman–Crippen LogP) is 2.02. The van der Waals surface area contributed by atoms with E-state index in [9.17, 15) is 9.59 Å². The molecule has 1 saturated carbocycles. The first kappa shape index (κ1) is 14.5. The van der Waals surface area contributed by atoms with Crippen LogP contribution in [0.1, 0.15) is 32.3 Å². The highest BCUT2D eigenvalue weighted by Crippen LogP contribution is 2.38. The number of nitrogens with one attached hydrogen (secondary N) is 2. The van der Waals surface area contributed by atoms with Crippen molar-refractivity contribution < 1.29 is 9.59 Å². The van der Waals surface area contributed by atoms with Gasteiger partial charge in [0.1, 0.15) is 0 Å². The van der Waals surface area contributed by atoms with Crippen molar-refractivity contribution in [2.24, 2.45) is 11.7 Å². The third-order valence-corrected chi connectivity index (χ3v) is 3.72. The highest BCUT2D eigenvalue weighted by molar-refractivity contribution is 5.99. The van der Waals surface area contributed by atoms with E-state index < -0.39 is 5.54 Å². The molecule has 0 bridgehead atoms. The third kappa shape index (κ3) is 3.17. The molecule has 1 aromatic carbocycles. The molecule has 0 aliphatic heterocycles. The van der Waals surface area contributed by atoms with Gasteiger partial charge in [0.25, 0.3) is 0 Å². The second kappa shape index (κ2) is 5.25. The minimum Gasteiger partial charge on any atom is -0.326 e. The van der Waals surface area contributed by atoms with Crippen LogP contribution in [0.3, 0.4) is 0 Å². The fraction of sp³-hybridized carbons (Fsp3) is 0.467. The second-order valence-electron chi connectivity index (χ2n) is 5.72. The van der Waals surface area contributed by atoms with Crippen LogP contribution in [0.2, 0.25) is 0 Å². The molecule has 1 aliphatic rings. The van der Waals surface area contributed by atoms with Crippen LogP contribution in [-0.4, -0.2) is 17.4 Å². The summed E-state index contributed by atoms with van der Waals surface area (Å²) in [5.74, 6) is -0.0582. The van der Waals surface area contributed by atoms with Crippen LogP contribution in [0.25, 0.3) is 0 Å². The maximum Gasteiger partial charge on any atom is 0.244 e. The number of benzene rings is 1. The molecule has 108 valence electrons. The Hall–Kier alpha value is -1.88. The quantitative estimate of drug-likeness (QED) is 0.786. The van der Waals surface area contributed by atoms with Crippen molar-refractivity contribution >= 4 is 23.2 Å². The van der Waals surface area contributed by atoms with Crippen LogP contribution in [0.15, 0.2) is 18.2 Å². The van der Waals surface area contributed by atoms with Gasteiger partial charge in [-0.2, -0.15) is 0 Å². The minimum absolute atomic E-state index is 0.146. The molecule has 1 unspecified atom stereocenters. The molecule has 0 spiro atoms. The fourth-order valence-corrected chi connectivity index (χ4v) is 2.16. The zero-order valence-electron chi connectivity index (χ0n) is 12.1. The molecule has 5 heteroatoms. The van der Waals surface area contributed by atoms with E-state index in [2.05, 4.69) is 10.6 Å². The molecular weight excluding hydrogens is 254 g/mol. The second-order valence-corrected chi connectivity index (χ2v) is 5.72. The molecule has 2 amide bonds. The van der Waals surface area contributed by atoms with Crippen molar-refractivity contribution in [2.45, 2.75) is 39.2 Å². The molecule has 2 rings (SSSR count). The van der Waals surface area contributed by atoms with Gasteiger partial charge in [0, 0.05) is 18.3 Å². The zero-order valence-corrected chi connectivity index (χ0v) is 12.1.